The van der Waals surface area contributed by atoms with Crippen molar-refractivity contribution in [3.63, 3.8) is 0 Å². The van der Waals surface area contributed by atoms with E-state index in [1.165, 1.54) is 163 Å². The summed E-state index contributed by atoms with van der Waals surface area (Å²) in [4.78, 5) is 25.9. The lowest BCUT2D eigenvalue weighted by Gasteiger charge is -2.61. The Morgan fingerprint density at radius 2 is 0.592 bits per heavy atom. The second-order valence-corrected chi connectivity index (χ2v) is 36.2. The average molecular weight is 1540 g/mol. The van der Waals surface area contributed by atoms with Gasteiger partial charge >= 0.3 is 0 Å². The van der Waals surface area contributed by atoms with E-state index >= 15 is 0 Å². The van der Waals surface area contributed by atoms with Gasteiger partial charge in [-0.2, -0.15) is 9.97 Å². The molecule has 8 bridgehead atoms. The summed E-state index contributed by atoms with van der Waals surface area (Å²) in [5.74, 6) is 10.3. The molecule has 7 nitrogen and oxygen atoms in total. The molecule has 7 heteroatoms. The predicted molar refractivity (Wildman–Crippen MR) is 490 cm³/mol. The standard InChI is InChI=1S/C65H48N4.C48H37N3/c1-3-11-42(12-4-1)44-19-23-47(24-20-44)62-66-63(48-25-21-45(22-26-48)43-13-5-2-6-14-43)68-64(67-62)69-60-32-29-50(39-57(60)55-30-27-46-15-7-8-16-53(46)61(55)69)49-28-31-59-56(38-49)54-17-9-10-18-58(54)65(59)51-34-40-33-41(36-51)37-52(65)35-40;1-2-9-32(10-3-1)47-49-21-20-45(50-47)51-44-19-16-34(28-41(44)39-17-14-31-8-4-5-11-37(31)46(39)51)33-15-18-43-40(27-33)38-12-6-7-13-42(38)48(43)35-23-29-22-30(25-35)26-36(48)24-29/h1-32,38-41,51-52H,33-37H2;1-21,27-30,35-36H,22-26H2. The third-order valence-corrected chi connectivity index (χ3v) is 30.3. The minimum absolute atomic E-state index is 0.159. The van der Waals surface area contributed by atoms with E-state index in [1.807, 2.05) is 30.5 Å². The molecule has 120 heavy (non-hydrogen) atoms. The van der Waals surface area contributed by atoms with Crippen LogP contribution in [0.4, 0.5) is 0 Å². The quantitative estimate of drug-likeness (QED) is 0.144. The minimum atomic E-state index is 0.159. The van der Waals surface area contributed by atoms with Crippen molar-refractivity contribution in [2.45, 2.75) is 75.0 Å². The molecule has 2 spiro atoms. The minimum Gasteiger partial charge on any atom is -0.293 e. The van der Waals surface area contributed by atoms with Gasteiger partial charge in [-0.05, 0) is 254 Å². The Morgan fingerprint density at radius 1 is 0.233 bits per heavy atom. The van der Waals surface area contributed by atoms with Crippen LogP contribution in [-0.2, 0) is 10.8 Å². The number of nitrogens with zero attached hydrogens (tertiary/aromatic N) is 7. The van der Waals surface area contributed by atoms with E-state index in [0.717, 1.165) is 109 Å². The maximum Gasteiger partial charge on any atom is 0.238 e. The lowest BCUT2D eigenvalue weighted by Crippen LogP contribution is -2.55. The van der Waals surface area contributed by atoms with Crippen LogP contribution < -0.4 is 0 Å². The first-order chi connectivity index (χ1) is 59.4. The van der Waals surface area contributed by atoms with Gasteiger partial charge in [0.1, 0.15) is 5.82 Å². The van der Waals surface area contributed by atoms with Gasteiger partial charge in [-0.25, -0.2) is 15.0 Å². The Bertz CT molecular complexity index is 7260. The average Bonchev–Trinajstić information content (AvgIpc) is 1.54. The molecule has 0 saturated heterocycles. The van der Waals surface area contributed by atoms with Crippen molar-refractivity contribution < 1.29 is 0 Å². The summed E-state index contributed by atoms with van der Waals surface area (Å²) in [6, 6.07) is 125. The van der Waals surface area contributed by atoms with Gasteiger partial charge in [0.05, 0.1) is 22.1 Å². The summed E-state index contributed by atoms with van der Waals surface area (Å²) in [6.07, 6.45) is 16.1. The van der Waals surface area contributed by atoms with E-state index in [1.54, 1.807) is 22.3 Å². The summed E-state index contributed by atoms with van der Waals surface area (Å²) in [5.41, 5.74) is 29.7. The van der Waals surface area contributed by atoms with Gasteiger partial charge in [-0.1, -0.05) is 297 Å². The second kappa shape index (κ2) is 26.5. The molecular formula is C113H85N7. The highest BCUT2D eigenvalue weighted by molar-refractivity contribution is 6.20. The van der Waals surface area contributed by atoms with Crippen LogP contribution in [0.25, 0.3) is 178 Å². The molecule has 0 unspecified atom stereocenters. The number of rotatable bonds is 9. The number of hydrogen-bond acceptors (Lipinski definition) is 5. The van der Waals surface area contributed by atoms with E-state index < -0.39 is 0 Å². The van der Waals surface area contributed by atoms with Crippen molar-refractivity contribution in [3.05, 3.63) is 368 Å². The fourth-order valence-corrected chi connectivity index (χ4v) is 25.9. The Morgan fingerprint density at radius 3 is 1.07 bits per heavy atom. The first kappa shape index (κ1) is 68.6. The Labute approximate surface area is 697 Å². The van der Waals surface area contributed by atoms with E-state index in [9.17, 15) is 0 Å². The van der Waals surface area contributed by atoms with Gasteiger partial charge in [-0.15, -0.1) is 0 Å². The Balaban J connectivity index is 0.000000136. The van der Waals surface area contributed by atoms with Crippen molar-refractivity contribution in [3.8, 4) is 113 Å². The number of hydrogen-bond donors (Lipinski definition) is 0. The molecule has 572 valence electrons. The van der Waals surface area contributed by atoms with Crippen LogP contribution in [0.1, 0.15) is 86.5 Å². The highest BCUT2D eigenvalue weighted by atomic mass is 15.2. The first-order valence-corrected chi connectivity index (χ1v) is 43.8. The molecular weight excluding hydrogens is 1460 g/mol. The third kappa shape index (κ3) is 10.3. The topological polar surface area (TPSA) is 74.3 Å². The van der Waals surface area contributed by atoms with E-state index in [4.69, 9.17) is 19.9 Å². The van der Waals surface area contributed by atoms with Crippen LogP contribution >= 0.6 is 0 Å². The largest absolute Gasteiger partial charge is 0.293 e. The highest BCUT2D eigenvalue weighted by Crippen LogP contribution is 2.71. The van der Waals surface area contributed by atoms with Gasteiger partial charge in [0, 0.05) is 66.0 Å². The van der Waals surface area contributed by atoms with Crippen LogP contribution in [0.3, 0.4) is 0 Å². The van der Waals surface area contributed by atoms with Crippen LogP contribution in [0, 0.1) is 47.3 Å². The summed E-state index contributed by atoms with van der Waals surface area (Å²) in [7, 11) is 0. The maximum absolute atomic E-state index is 5.40. The monoisotopic (exact) mass is 1540 g/mol. The molecule has 0 atom stereocenters. The third-order valence-electron chi connectivity index (χ3n) is 30.3. The first-order valence-electron chi connectivity index (χ1n) is 43.8. The van der Waals surface area contributed by atoms with Crippen LogP contribution in [-0.4, -0.2) is 34.1 Å². The van der Waals surface area contributed by atoms with Gasteiger partial charge in [-0.3, -0.25) is 9.13 Å². The zero-order chi connectivity index (χ0) is 78.5. The number of benzene rings is 15. The molecule has 10 aliphatic rings. The van der Waals surface area contributed by atoms with Crippen molar-refractivity contribution in [2.75, 3.05) is 0 Å². The van der Waals surface area contributed by atoms with E-state index in [-0.39, 0.29) is 10.8 Å². The zero-order valence-electron chi connectivity index (χ0n) is 66.7. The Kier molecular flexibility index (Phi) is 15.1. The molecule has 8 fully saturated rings. The molecule has 4 aromatic heterocycles. The fourth-order valence-electron chi connectivity index (χ4n) is 25.9. The molecule has 0 amide bonds. The summed E-state index contributed by atoms with van der Waals surface area (Å²) in [6.45, 7) is 0. The van der Waals surface area contributed by atoms with Crippen molar-refractivity contribution in [1.29, 1.82) is 0 Å². The van der Waals surface area contributed by atoms with Crippen molar-refractivity contribution in [2.24, 2.45) is 47.3 Å². The summed E-state index contributed by atoms with van der Waals surface area (Å²) in [5, 5.41) is 9.61. The van der Waals surface area contributed by atoms with Crippen LogP contribution in [0.5, 0.6) is 0 Å². The zero-order valence-corrected chi connectivity index (χ0v) is 66.7. The molecule has 19 aromatic rings. The molecule has 0 radical (unpaired) electrons. The normalized spacial score (nSPS) is 22.2. The van der Waals surface area contributed by atoms with Gasteiger partial charge in [0.25, 0.3) is 0 Å². The SMILES string of the molecule is c1ccc(-c2ccc(-c3nc(-c4ccc(-c5ccccc5)cc4)nc(-n4c5ccc(-c6ccc7c(c6)-c6ccccc6C76C7CC8CC(C7)CC6C8)cc5c5ccc6ccccc6c54)n3)cc2)cc1.c1ccc(-c2nccc(-n3c4ccc(-c5ccc6c(c5)-c5ccccc5C65C6CC7CC(C6)CC5C7)cc4c4ccc5ccccc5c43)n2)cc1. The molecule has 29 rings (SSSR count). The molecule has 0 N–H and O–H groups in total. The van der Waals surface area contributed by atoms with Crippen LogP contribution in [0.2, 0.25) is 0 Å². The van der Waals surface area contributed by atoms with Gasteiger partial charge in [0.15, 0.2) is 17.5 Å². The maximum atomic E-state index is 5.40. The molecule has 0 aliphatic heterocycles. The predicted octanol–water partition coefficient (Wildman–Crippen LogP) is 28.0. The summed E-state index contributed by atoms with van der Waals surface area (Å²) < 4.78 is 4.64. The summed E-state index contributed by atoms with van der Waals surface area (Å²) >= 11 is 0. The lowest BCUT2D eigenvalue weighted by atomic mass is 9.43. The van der Waals surface area contributed by atoms with Crippen LogP contribution in [0.15, 0.2) is 346 Å². The van der Waals surface area contributed by atoms with E-state index in [0.29, 0.717) is 17.6 Å². The molecule has 15 aromatic carbocycles. The lowest BCUT2D eigenvalue weighted by molar-refractivity contribution is -0.0399. The Hall–Kier alpha value is -13.5. The molecule has 10 aliphatic carbocycles. The van der Waals surface area contributed by atoms with E-state index in [2.05, 4.69) is 330 Å². The van der Waals surface area contributed by atoms with Crippen molar-refractivity contribution >= 4 is 65.2 Å². The highest BCUT2D eigenvalue weighted by Gasteiger charge is 2.63. The number of fused-ring (bicyclic) bond motifs is 16. The van der Waals surface area contributed by atoms with Crippen molar-refractivity contribution in [1.82, 2.24) is 34.1 Å². The fraction of sp³-hybridized carbons (Fsp3) is 0.177. The smallest absolute Gasteiger partial charge is 0.238 e. The number of aromatic nitrogens is 7. The van der Waals surface area contributed by atoms with Gasteiger partial charge in [0.2, 0.25) is 5.95 Å². The second-order valence-electron chi connectivity index (χ2n) is 36.2. The van der Waals surface area contributed by atoms with Gasteiger partial charge < -0.3 is 0 Å². The molecule has 8 saturated carbocycles. The molecule has 4 heterocycles.